The van der Waals surface area contributed by atoms with Crippen molar-refractivity contribution in [2.45, 2.75) is 0 Å². The molecule has 1 heterocycles. The second-order valence-electron chi connectivity index (χ2n) is 28.1. The Kier molecular flexibility index (Phi) is 25.1. The van der Waals surface area contributed by atoms with Gasteiger partial charge in [0.2, 0.25) is 0 Å². The van der Waals surface area contributed by atoms with Crippen molar-refractivity contribution in [1.82, 2.24) is 0 Å². The summed E-state index contributed by atoms with van der Waals surface area (Å²) in [5, 5.41) is 17.4. The van der Waals surface area contributed by atoms with Gasteiger partial charge in [-0.05, 0) is 209 Å². The third-order valence-corrected chi connectivity index (χ3v) is 40.3. The molecule has 0 amide bonds. The van der Waals surface area contributed by atoms with E-state index in [0.29, 0.717) is 34.5 Å². The fourth-order valence-electron chi connectivity index (χ4n) is 14.4. The Morgan fingerprint density at radius 2 is 0.298 bits per heavy atom. The zero-order chi connectivity index (χ0) is 81.5. The van der Waals surface area contributed by atoms with Gasteiger partial charge in [0.15, 0.2) is 0 Å². The SMILES string of the molecule is C=Cc1ccc(-c2ccc(OP3(Oc4ccc(P(c5ccccc5)c5ccccc5)cc4)=NP(Oc4ccc(P(c5ccccc5)c5ccccc5)cc4)(Oc4ccc(P(c5ccccc5)c5ccccc5)cc4)=NP(Oc4ccc(P(c5ccccc5)c5ccccc5)cc4)(Oc4ccc(P(c5ccccc5)c5ccccc5)cc4)=N3)cc2)cc1. The Labute approximate surface area is 714 Å². The van der Waals surface area contributed by atoms with Crippen molar-refractivity contribution >= 4 is 148 Å². The van der Waals surface area contributed by atoms with E-state index < -0.39 is 62.6 Å². The first-order valence-electron chi connectivity index (χ1n) is 39.7. The van der Waals surface area contributed by atoms with Crippen LogP contribution in [0.25, 0.3) is 17.2 Å². The molecule has 1 aliphatic heterocycles. The highest BCUT2D eigenvalue weighted by atomic mass is 31.3. The van der Waals surface area contributed by atoms with E-state index in [1.807, 2.05) is 91.0 Å². The minimum absolute atomic E-state index is 0.386. The topological polar surface area (TPSA) is 92.5 Å². The molecule has 0 saturated heterocycles. The average molecular weight is 1720 g/mol. The predicted molar refractivity (Wildman–Crippen MR) is 520 cm³/mol. The van der Waals surface area contributed by atoms with Gasteiger partial charge in [-0.1, -0.05) is 427 Å². The molecule has 0 saturated carbocycles. The molecule has 0 aliphatic carbocycles. The van der Waals surface area contributed by atoms with Gasteiger partial charge in [0.05, 0.1) is 0 Å². The van der Waals surface area contributed by atoms with Crippen LogP contribution in [0.3, 0.4) is 0 Å². The van der Waals surface area contributed by atoms with Gasteiger partial charge >= 0.3 is 23.0 Å². The fraction of sp³-hybridized carbons (Fsp3) is 0. The van der Waals surface area contributed by atoms with E-state index in [1.54, 1.807) is 0 Å². The number of benzene rings is 17. The Bertz CT molecular complexity index is 5740. The van der Waals surface area contributed by atoms with E-state index in [1.165, 1.54) is 53.0 Å². The molecule has 588 valence electrons. The van der Waals surface area contributed by atoms with E-state index in [9.17, 15) is 0 Å². The molecule has 9 nitrogen and oxygen atoms in total. The van der Waals surface area contributed by atoms with E-state index in [0.717, 1.165) is 43.2 Å². The maximum absolute atomic E-state index is 7.86. The molecule has 0 bridgehead atoms. The third-order valence-electron chi connectivity index (χ3n) is 20.0. The van der Waals surface area contributed by atoms with Gasteiger partial charge in [0.25, 0.3) is 0 Å². The Hall–Kier alpha value is -11.9. The van der Waals surface area contributed by atoms with Crippen molar-refractivity contribution in [3.05, 3.63) is 485 Å². The number of hydrogen-bond donors (Lipinski definition) is 0. The maximum atomic E-state index is 7.86. The predicted octanol–water partition coefficient (Wildman–Crippen LogP) is 23.4. The first-order valence-corrected chi connectivity index (χ1v) is 51.0. The zero-order valence-electron chi connectivity index (χ0n) is 65.7. The molecule has 0 spiro atoms. The molecular formula is C104H81N3O6P8. The lowest BCUT2D eigenvalue weighted by Crippen LogP contribution is -2.20. The summed E-state index contributed by atoms with van der Waals surface area (Å²) >= 11 is 0. The first kappa shape index (κ1) is 80.2. The zero-order valence-corrected chi connectivity index (χ0v) is 72.8. The summed E-state index contributed by atoms with van der Waals surface area (Å²) in [6.45, 7) is 4.03. The molecule has 0 N–H and O–H groups in total. The third kappa shape index (κ3) is 19.2. The van der Waals surface area contributed by atoms with Crippen LogP contribution in [0.5, 0.6) is 34.5 Å². The molecule has 1 atom stereocenters. The smallest absolute Gasteiger partial charge is 0.413 e. The summed E-state index contributed by atoms with van der Waals surface area (Å²) in [7, 11) is -18.9. The van der Waals surface area contributed by atoms with Crippen molar-refractivity contribution in [3.8, 4) is 45.6 Å². The lowest BCUT2D eigenvalue weighted by Gasteiger charge is -2.33. The standard InChI is InChI=1S/C104H81N3O6P8/c1-2-81-53-55-82(56-54-81)83-57-59-84(60-58-83)108-119(109-85-61-71-100(72-62-85)114(90-33-13-3-14-34-90)91-35-15-4-16-36-91)105-120(110-86-63-73-101(74-64-86)115(92-37-17-5-18-38-92)93-39-19-6-20-40-93,111-87-65-75-102(76-66-87)116(94-41-21-7-22-42-94)95-43-23-8-24-44-95)107-121(106-119,112-88-67-77-103(78-68-88)117(96-45-25-9-26-46-96)97-47-27-10-28-48-97)113-89-69-79-104(80-70-89)118(98-49-29-11-30-50-98)99-51-31-12-32-52-99/h2-80H,1H2. The molecule has 1 aliphatic rings. The first-order chi connectivity index (χ1) is 59.7. The van der Waals surface area contributed by atoms with Gasteiger partial charge in [0.1, 0.15) is 34.5 Å². The van der Waals surface area contributed by atoms with Gasteiger partial charge in [-0.3, -0.25) is 0 Å². The maximum Gasteiger partial charge on any atom is 0.460 e. The van der Waals surface area contributed by atoms with E-state index in [2.05, 4.69) is 395 Å². The van der Waals surface area contributed by atoms with Crippen LogP contribution in [0.2, 0.25) is 0 Å². The average Bonchev–Trinajstić information content (AvgIpc) is 0.726. The highest BCUT2D eigenvalue weighted by Gasteiger charge is 2.49. The summed E-state index contributed by atoms with van der Waals surface area (Å²) in [4.78, 5) is 0. The Balaban J connectivity index is 0.884. The summed E-state index contributed by atoms with van der Waals surface area (Å²) < 4.78 is 64.9. The van der Waals surface area contributed by atoms with Crippen LogP contribution in [-0.4, -0.2) is 0 Å². The molecule has 121 heavy (non-hydrogen) atoms. The van der Waals surface area contributed by atoms with Crippen molar-refractivity contribution in [1.29, 1.82) is 0 Å². The lowest BCUT2D eigenvalue weighted by molar-refractivity contribution is 0.443. The Morgan fingerprint density at radius 1 is 0.165 bits per heavy atom. The number of hydrogen-bond acceptors (Lipinski definition) is 9. The van der Waals surface area contributed by atoms with Crippen LogP contribution in [0.1, 0.15) is 5.56 Å². The van der Waals surface area contributed by atoms with Crippen LogP contribution in [0.15, 0.2) is 493 Å². The fourth-order valence-corrected chi connectivity index (χ4v) is 34.9. The van der Waals surface area contributed by atoms with E-state index >= 15 is 0 Å². The summed E-state index contributed by atoms with van der Waals surface area (Å²) in [5.41, 5.74) is 2.96. The number of rotatable bonds is 29. The second-order valence-corrected chi connectivity index (χ2v) is 45.4. The molecule has 18 rings (SSSR count). The highest BCUT2D eigenvalue weighted by molar-refractivity contribution is 7.82. The summed E-state index contributed by atoms with van der Waals surface area (Å²) in [6, 6.07) is 164. The molecule has 0 aromatic heterocycles. The quantitative estimate of drug-likeness (QED) is 0.0434. The van der Waals surface area contributed by atoms with E-state index in [-0.39, 0.29) is 0 Å². The summed E-state index contributed by atoms with van der Waals surface area (Å²) in [5.74, 6) is 2.39. The molecule has 17 heteroatoms. The lowest BCUT2D eigenvalue weighted by atomic mass is 10.0. The molecule has 0 radical (unpaired) electrons. The largest absolute Gasteiger partial charge is 0.460 e. The van der Waals surface area contributed by atoms with E-state index in [4.69, 9.17) is 40.7 Å². The number of nitrogens with zero attached hydrogens (tertiary/aromatic N) is 3. The molecular weight excluding hydrogens is 1630 g/mol. The van der Waals surface area contributed by atoms with Crippen LogP contribution in [0.4, 0.5) is 0 Å². The van der Waals surface area contributed by atoms with Crippen molar-refractivity contribution in [2.75, 3.05) is 0 Å². The van der Waals surface area contributed by atoms with Crippen LogP contribution in [-0.2, 0) is 0 Å². The molecule has 17 aromatic rings. The van der Waals surface area contributed by atoms with Gasteiger partial charge < -0.3 is 27.1 Å². The van der Waals surface area contributed by atoms with Crippen molar-refractivity contribution in [2.24, 2.45) is 13.5 Å². The van der Waals surface area contributed by atoms with Crippen LogP contribution >= 0.6 is 62.6 Å². The van der Waals surface area contributed by atoms with Gasteiger partial charge in [-0.15, -0.1) is 0 Å². The molecule has 17 aromatic carbocycles. The van der Waals surface area contributed by atoms with Crippen LogP contribution < -0.4 is 107 Å². The Morgan fingerprint density at radius 3 is 0.446 bits per heavy atom. The van der Waals surface area contributed by atoms with Crippen molar-refractivity contribution < 1.29 is 27.1 Å². The van der Waals surface area contributed by atoms with Crippen molar-refractivity contribution in [3.63, 3.8) is 0 Å². The monoisotopic (exact) mass is 1720 g/mol. The highest BCUT2D eigenvalue weighted by Crippen LogP contribution is 2.79. The van der Waals surface area contributed by atoms with Crippen LogP contribution in [0, 0.1) is 0 Å². The van der Waals surface area contributed by atoms with Gasteiger partial charge in [-0.2, -0.15) is 0 Å². The molecule has 0 fully saturated rings. The minimum atomic E-state index is -4.55. The second kappa shape index (κ2) is 37.8. The normalized spacial score (nSPS) is 13.9. The molecule has 1 unspecified atom stereocenters. The summed E-state index contributed by atoms with van der Waals surface area (Å²) in [6.07, 6.45) is 1.84. The van der Waals surface area contributed by atoms with Gasteiger partial charge in [-0.25, -0.2) is 0 Å². The minimum Gasteiger partial charge on any atom is -0.413 e. The van der Waals surface area contributed by atoms with Gasteiger partial charge in [0, 0.05) is 0 Å².